The highest BCUT2D eigenvalue weighted by Crippen LogP contribution is 2.33. The van der Waals surface area contributed by atoms with Gasteiger partial charge < -0.3 is 14.8 Å². The van der Waals surface area contributed by atoms with E-state index in [2.05, 4.69) is 28.4 Å². The molecule has 0 bridgehead atoms. The van der Waals surface area contributed by atoms with Crippen LogP contribution in [0.25, 0.3) is 10.2 Å². The summed E-state index contributed by atoms with van der Waals surface area (Å²) in [5.74, 6) is 1.61. The third kappa shape index (κ3) is 4.52. The number of carbonyl (C=O) groups excluding carboxylic acids is 1. The number of hydrogen-bond donors (Lipinski definition) is 1. The summed E-state index contributed by atoms with van der Waals surface area (Å²) in [4.78, 5) is 19.7. The van der Waals surface area contributed by atoms with Gasteiger partial charge in [0, 0.05) is 18.5 Å². The number of carbonyl (C=O) groups is 1. The zero-order chi connectivity index (χ0) is 20.2. The van der Waals surface area contributed by atoms with Gasteiger partial charge in [-0.15, -0.1) is 11.3 Å². The van der Waals surface area contributed by atoms with Crippen LogP contribution in [-0.4, -0.2) is 49.6 Å². The number of likely N-dealkylation sites (tertiary alicyclic amines) is 1. The number of thiazole rings is 1. The van der Waals surface area contributed by atoms with Gasteiger partial charge in [0.15, 0.2) is 0 Å². The van der Waals surface area contributed by atoms with Gasteiger partial charge in [-0.05, 0) is 43.7 Å². The molecular formula is C22H25N3O3S. The van der Waals surface area contributed by atoms with Gasteiger partial charge in [0.05, 0.1) is 41.7 Å². The molecule has 0 radical (unpaired) electrons. The van der Waals surface area contributed by atoms with E-state index in [1.165, 1.54) is 9.71 Å². The number of rotatable bonds is 6. The third-order valence-corrected chi connectivity index (χ3v) is 6.41. The Bertz CT molecular complexity index is 971. The lowest BCUT2D eigenvalue weighted by atomic mass is 9.99. The number of amides is 1. The number of piperidine rings is 1. The second-order valence-corrected chi connectivity index (χ2v) is 8.27. The van der Waals surface area contributed by atoms with Crippen LogP contribution in [-0.2, 0) is 4.79 Å². The molecule has 0 aliphatic carbocycles. The topological polar surface area (TPSA) is 63.7 Å². The minimum atomic E-state index is -0.0431. The molecule has 1 atom stereocenters. The van der Waals surface area contributed by atoms with E-state index in [1.807, 2.05) is 12.1 Å². The highest BCUT2D eigenvalue weighted by atomic mass is 32.1. The Hall–Kier alpha value is -2.64. The SMILES string of the molecule is COc1ccc(NC(=O)CN2CCC[C@H](c3nc4ccccc4s3)C2)c(OC)c1. The Labute approximate surface area is 174 Å². The lowest BCUT2D eigenvalue weighted by Crippen LogP contribution is -2.39. The first-order valence-corrected chi connectivity index (χ1v) is 10.6. The monoisotopic (exact) mass is 411 g/mol. The lowest BCUT2D eigenvalue weighted by Gasteiger charge is -2.31. The molecule has 2 heterocycles. The molecule has 0 spiro atoms. The van der Waals surface area contributed by atoms with Crippen LogP contribution in [0, 0.1) is 0 Å². The molecule has 7 heteroatoms. The van der Waals surface area contributed by atoms with Crippen LogP contribution in [0.2, 0.25) is 0 Å². The molecule has 4 rings (SSSR count). The molecule has 1 fully saturated rings. The number of nitrogens with one attached hydrogen (secondary N) is 1. The van der Waals surface area contributed by atoms with E-state index >= 15 is 0 Å². The zero-order valence-corrected chi connectivity index (χ0v) is 17.5. The highest BCUT2D eigenvalue weighted by Gasteiger charge is 2.25. The van der Waals surface area contributed by atoms with Crippen molar-refractivity contribution in [1.82, 2.24) is 9.88 Å². The Balaban J connectivity index is 1.39. The van der Waals surface area contributed by atoms with Gasteiger partial charge in [0.25, 0.3) is 0 Å². The number of methoxy groups -OCH3 is 2. The number of fused-ring (bicyclic) bond motifs is 1. The molecule has 1 aliphatic rings. The van der Waals surface area contributed by atoms with Crippen molar-refractivity contribution in [3.8, 4) is 11.5 Å². The van der Waals surface area contributed by atoms with Gasteiger partial charge in [0.2, 0.25) is 5.91 Å². The van der Waals surface area contributed by atoms with E-state index in [0.717, 1.165) is 31.4 Å². The average molecular weight is 412 g/mol. The molecule has 1 N–H and O–H groups in total. The molecule has 6 nitrogen and oxygen atoms in total. The summed E-state index contributed by atoms with van der Waals surface area (Å²) >= 11 is 1.77. The Morgan fingerprint density at radius 1 is 1.24 bits per heavy atom. The first-order valence-electron chi connectivity index (χ1n) is 9.76. The van der Waals surface area contributed by atoms with Crippen molar-refractivity contribution >= 4 is 33.1 Å². The molecule has 1 amide bonds. The minimum Gasteiger partial charge on any atom is -0.497 e. The molecule has 0 unspecified atom stereocenters. The van der Waals surface area contributed by atoms with Gasteiger partial charge in [-0.3, -0.25) is 9.69 Å². The van der Waals surface area contributed by atoms with Crippen molar-refractivity contribution in [2.24, 2.45) is 0 Å². The Kier molecular flexibility index (Phi) is 5.97. The van der Waals surface area contributed by atoms with Gasteiger partial charge in [-0.25, -0.2) is 4.98 Å². The largest absolute Gasteiger partial charge is 0.497 e. The summed E-state index contributed by atoms with van der Waals surface area (Å²) in [6.07, 6.45) is 2.18. The summed E-state index contributed by atoms with van der Waals surface area (Å²) in [5, 5.41) is 4.14. The smallest absolute Gasteiger partial charge is 0.238 e. The Morgan fingerprint density at radius 3 is 2.90 bits per heavy atom. The van der Waals surface area contributed by atoms with E-state index < -0.39 is 0 Å². The summed E-state index contributed by atoms with van der Waals surface area (Å²) in [7, 11) is 3.18. The number of nitrogens with zero attached hydrogens (tertiary/aromatic N) is 2. The van der Waals surface area contributed by atoms with Crippen molar-refractivity contribution in [1.29, 1.82) is 0 Å². The van der Waals surface area contributed by atoms with Crippen LogP contribution >= 0.6 is 11.3 Å². The van der Waals surface area contributed by atoms with Crippen molar-refractivity contribution in [3.05, 3.63) is 47.5 Å². The third-order valence-electron chi connectivity index (χ3n) is 5.22. The summed E-state index contributed by atoms with van der Waals surface area (Å²) < 4.78 is 11.8. The predicted octanol–water partition coefficient (Wildman–Crippen LogP) is 4.13. The molecule has 1 aromatic heterocycles. The van der Waals surface area contributed by atoms with Crippen LogP contribution in [0.4, 0.5) is 5.69 Å². The van der Waals surface area contributed by atoms with Crippen molar-refractivity contribution in [2.75, 3.05) is 39.2 Å². The van der Waals surface area contributed by atoms with Crippen molar-refractivity contribution in [3.63, 3.8) is 0 Å². The summed E-state index contributed by atoms with van der Waals surface area (Å²) in [6, 6.07) is 13.6. The van der Waals surface area contributed by atoms with E-state index in [-0.39, 0.29) is 5.91 Å². The number of benzene rings is 2. The molecule has 2 aromatic carbocycles. The molecule has 29 heavy (non-hydrogen) atoms. The number of anilines is 1. The molecule has 152 valence electrons. The fourth-order valence-electron chi connectivity index (χ4n) is 3.76. The van der Waals surface area contributed by atoms with Crippen LogP contribution in [0.1, 0.15) is 23.8 Å². The van der Waals surface area contributed by atoms with E-state index in [4.69, 9.17) is 14.5 Å². The van der Waals surface area contributed by atoms with Crippen molar-refractivity contribution in [2.45, 2.75) is 18.8 Å². The fraction of sp³-hybridized carbons (Fsp3) is 0.364. The Morgan fingerprint density at radius 2 is 2.10 bits per heavy atom. The number of aromatic nitrogens is 1. The highest BCUT2D eigenvalue weighted by molar-refractivity contribution is 7.18. The maximum Gasteiger partial charge on any atom is 0.238 e. The fourth-order valence-corrected chi connectivity index (χ4v) is 4.85. The molecule has 3 aromatic rings. The van der Waals surface area contributed by atoms with Gasteiger partial charge in [-0.2, -0.15) is 0 Å². The number of hydrogen-bond acceptors (Lipinski definition) is 6. The lowest BCUT2D eigenvalue weighted by molar-refractivity contribution is -0.117. The standard InChI is InChI=1S/C22H25N3O3S/c1-27-16-9-10-17(19(12-16)28-2)23-21(26)14-25-11-5-6-15(13-25)22-24-18-7-3-4-8-20(18)29-22/h3-4,7-10,12,15H,5-6,11,13-14H2,1-2H3,(H,23,26)/t15-/m0/s1. The summed E-state index contributed by atoms with van der Waals surface area (Å²) in [5.41, 5.74) is 1.71. The van der Waals surface area contributed by atoms with E-state index in [0.29, 0.717) is 29.6 Å². The van der Waals surface area contributed by atoms with Gasteiger partial charge in [-0.1, -0.05) is 12.1 Å². The van der Waals surface area contributed by atoms with E-state index in [9.17, 15) is 4.79 Å². The van der Waals surface area contributed by atoms with Crippen molar-refractivity contribution < 1.29 is 14.3 Å². The molecule has 1 saturated heterocycles. The summed E-state index contributed by atoms with van der Waals surface area (Å²) in [6.45, 7) is 2.14. The maximum absolute atomic E-state index is 12.6. The number of ether oxygens (including phenoxy) is 2. The zero-order valence-electron chi connectivity index (χ0n) is 16.7. The van der Waals surface area contributed by atoms with Crippen LogP contribution < -0.4 is 14.8 Å². The van der Waals surface area contributed by atoms with Crippen LogP contribution in [0.15, 0.2) is 42.5 Å². The van der Waals surface area contributed by atoms with Gasteiger partial charge >= 0.3 is 0 Å². The molecular weight excluding hydrogens is 386 g/mol. The quantitative estimate of drug-likeness (QED) is 0.661. The van der Waals surface area contributed by atoms with E-state index in [1.54, 1.807) is 37.7 Å². The normalized spacial score (nSPS) is 17.2. The second-order valence-electron chi connectivity index (χ2n) is 7.21. The molecule has 1 aliphatic heterocycles. The maximum atomic E-state index is 12.6. The van der Waals surface area contributed by atoms with Gasteiger partial charge in [0.1, 0.15) is 11.5 Å². The minimum absolute atomic E-state index is 0.0431. The van der Waals surface area contributed by atoms with Crippen LogP contribution in [0.3, 0.4) is 0 Å². The average Bonchev–Trinajstić information content (AvgIpc) is 3.18. The number of para-hydroxylation sites is 1. The first-order chi connectivity index (χ1) is 14.2. The molecule has 0 saturated carbocycles. The van der Waals surface area contributed by atoms with Crippen LogP contribution in [0.5, 0.6) is 11.5 Å². The second kappa shape index (κ2) is 8.80. The first kappa shape index (κ1) is 19.7. The predicted molar refractivity (Wildman–Crippen MR) is 116 cm³/mol.